The Morgan fingerprint density at radius 2 is 2.12 bits per heavy atom. The molecule has 33 heavy (non-hydrogen) atoms. The number of aliphatic imine (C=N–C) groups is 1. The van der Waals surface area contributed by atoms with E-state index in [1.165, 1.54) is 30.0 Å². The number of aromatic nitrogens is 2. The maximum absolute atomic E-state index is 15.2. The summed E-state index contributed by atoms with van der Waals surface area (Å²) < 4.78 is 49.5. The Morgan fingerprint density at radius 3 is 2.79 bits per heavy atom. The van der Waals surface area contributed by atoms with Crippen LogP contribution in [0.5, 0.6) is 5.88 Å². The fourth-order valence-electron chi connectivity index (χ4n) is 4.63. The first-order valence-electron chi connectivity index (χ1n) is 10.1. The summed E-state index contributed by atoms with van der Waals surface area (Å²) in [6.45, 7) is -1.04. The van der Waals surface area contributed by atoms with E-state index in [1.807, 2.05) is 6.92 Å². The lowest BCUT2D eigenvalue weighted by Gasteiger charge is -2.46. The number of nitrogens with two attached hydrogens (primary N) is 1. The van der Waals surface area contributed by atoms with Gasteiger partial charge in [-0.1, -0.05) is 18.7 Å². The summed E-state index contributed by atoms with van der Waals surface area (Å²) >= 11 is 1.41. The third-order valence-corrected chi connectivity index (χ3v) is 7.40. The molecule has 1 aliphatic heterocycles. The van der Waals surface area contributed by atoms with Gasteiger partial charge in [0.2, 0.25) is 5.88 Å². The molecular weight excluding hydrogens is 459 g/mol. The molecule has 2 aliphatic rings. The van der Waals surface area contributed by atoms with Gasteiger partial charge >= 0.3 is 6.61 Å². The molecule has 1 aromatic heterocycles. The molecule has 12 heteroatoms. The minimum absolute atomic E-state index is 0.123. The highest BCUT2D eigenvalue weighted by atomic mass is 32.2. The second-order valence-electron chi connectivity index (χ2n) is 8.05. The maximum Gasteiger partial charge on any atom is 0.388 e. The summed E-state index contributed by atoms with van der Waals surface area (Å²) in [4.78, 5) is 24.7. The average molecular weight is 482 g/mol. The molecule has 1 aliphatic carbocycles. The van der Waals surface area contributed by atoms with Crippen LogP contribution in [0.4, 0.5) is 18.9 Å². The molecule has 3 atom stereocenters. The predicted octanol–water partition coefficient (Wildman–Crippen LogP) is 3.54. The zero-order valence-electron chi connectivity index (χ0n) is 17.8. The lowest BCUT2D eigenvalue weighted by molar-refractivity contribution is -0.0531. The number of alkyl halides is 2. The molecule has 0 bridgehead atoms. The molecule has 3 N–H and O–H groups in total. The maximum atomic E-state index is 15.2. The molecule has 8 nitrogen and oxygen atoms in total. The van der Waals surface area contributed by atoms with Gasteiger partial charge in [0.1, 0.15) is 17.1 Å². The number of amidine groups is 1. The molecule has 0 radical (unpaired) electrons. The summed E-state index contributed by atoms with van der Waals surface area (Å²) in [5.41, 5.74) is 5.11. The van der Waals surface area contributed by atoms with Gasteiger partial charge in [-0.2, -0.15) is 8.78 Å². The highest BCUT2D eigenvalue weighted by Crippen LogP contribution is 2.60. The molecule has 0 saturated heterocycles. The first-order chi connectivity index (χ1) is 15.7. The quantitative estimate of drug-likeness (QED) is 0.649. The SMILES string of the molecule is CO[C@H]1CC[C@]2(c3cc(NC(=O)c4cnc(OC(F)F)cn4)ccc3F)N=C(N)SC[C@]12C. The number of carbonyl (C=O) groups is 1. The number of amides is 1. The van der Waals surface area contributed by atoms with Gasteiger partial charge in [0.05, 0.1) is 18.5 Å². The molecule has 1 saturated carbocycles. The van der Waals surface area contributed by atoms with Crippen molar-refractivity contribution < 1.29 is 27.4 Å². The normalized spacial score (nSPS) is 26.6. The second kappa shape index (κ2) is 8.82. The number of nitrogens with one attached hydrogen (secondary N) is 1. The van der Waals surface area contributed by atoms with Crippen LogP contribution >= 0.6 is 11.8 Å². The van der Waals surface area contributed by atoms with Gasteiger partial charge in [-0.15, -0.1) is 0 Å². The number of ether oxygens (including phenoxy) is 2. The van der Waals surface area contributed by atoms with E-state index in [9.17, 15) is 13.6 Å². The fourth-order valence-corrected chi connectivity index (χ4v) is 5.72. The third kappa shape index (κ3) is 4.12. The Kier molecular flexibility index (Phi) is 6.23. The van der Waals surface area contributed by atoms with E-state index in [2.05, 4.69) is 20.0 Å². The average Bonchev–Trinajstić information content (AvgIpc) is 3.07. The van der Waals surface area contributed by atoms with Gasteiger partial charge in [0, 0.05) is 29.5 Å². The molecule has 0 unspecified atom stereocenters. The van der Waals surface area contributed by atoms with Crippen molar-refractivity contribution in [3.63, 3.8) is 0 Å². The zero-order valence-corrected chi connectivity index (χ0v) is 18.7. The van der Waals surface area contributed by atoms with Gasteiger partial charge in [0.25, 0.3) is 5.91 Å². The minimum atomic E-state index is -3.05. The highest BCUT2D eigenvalue weighted by Gasteiger charge is 2.61. The Morgan fingerprint density at radius 1 is 1.33 bits per heavy atom. The van der Waals surface area contributed by atoms with Crippen LogP contribution in [0.1, 0.15) is 35.8 Å². The number of thioether (sulfide) groups is 1. The molecule has 176 valence electrons. The van der Waals surface area contributed by atoms with E-state index >= 15 is 4.39 Å². The number of anilines is 1. The number of rotatable bonds is 6. The van der Waals surface area contributed by atoms with Crippen molar-refractivity contribution in [2.75, 3.05) is 18.2 Å². The van der Waals surface area contributed by atoms with Crippen LogP contribution in [0.3, 0.4) is 0 Å². The van der Waals surface area contributed by atoms with Crippen LogP contribution in [-0.2, 0) is 10.3 Å². The molecular formula is C21H22F3N5O3S. The van der Waals surface area contributed by atoms with Crippen molar-refractivity contribution in [2.24, 2.45) is 16.1 Å². The minimum Gasteiger partial charge on any atom is -0.415 e. The smallest absolute Gasteiger partial charge is 0.388 e. The number of benzene rings is 1. The molecule has 1 amide bonds. The Bertz CT molecular complexity index is 1090. The number of halogens is 3. The standard InChI is InChI=1S/C21H22F3N5O3S/c1-20-10-33-19(25)29-21(20,6-5-15(20)31-2)12-7-11(3-4-13(12)22)28-17(30)14-8-27-16(9-26-14)32-18(23)24/h3-4,7-9,15,18H,5-6,10H2,1-2H3,(H2,25,29)(H,28,30)/t15-,20+,21+/m0/s1. The summed E-state index contributed by atoms with van der Waals surface area (Å²) in [5, 5.41) is 3.01. The first kappa shape index (κ1) is 23.3. The van der Waals surface area contributed by atoms with Gasteiger partial charge in [-0.3, -0.25) is 9.79 Å². The lowest BCUT2D eigenvalue weighted by atomic mass is 9.69. The van der Waals surface area contributed by atoms with Gasteiger partial charge in [-0.25, -0.2) is 14.4 Å². The molecule has 1 aromatic carbocycles. The van der Waals surface area contributed by atoms with Crippen LogP contribution < -0.4 is 15.8 Å². The largest absolute Gasteiger partial charge is 0.415 e. The lowest BCUT2D eigenvalue weighted by Crippen LogP contribution is -2.50. The van der Waals surface area contributed by atoms with Crippen molar-refractivity contribution in [3.8, 4) is 5.88 Å². The first-order valence-corrected chi connectivity index (χ1v) is 11.1. The summed E-state index contributed by atoms with van der Waals surface area (Å²) in [6.07, 6.45) is 3.01. The van der Waals surface area contributed by atoms with Crippen molar-refractivity contribution >= 4 is 28.5 Å². The summed E-state index contributed by atoms with van der Waals surface area (Å²) in [6, 6.07) is 4.22. The summed E-state index contributed by atoms with van der Waals surface area (Å²) in [5.74, 6) is -0.914. The van der Waals surface area contributed by atoms with E-state index in [0.717, 1.165) is 12.4 Å². The topological polar surface area (TPSA) is 112 Å². The molecule has 0 spiro atoms. The van der Waals surface area contributed by atoms with Crippen LogP contribution in [0, 0.1) is 11.2 Å². The molecule has 2 aromatic rings. The van der Waals surface area contributed by atoms with Crippen LogP contribution in [0.2, 0.25) is 0 Å². The second-order valence-corrected chi connectivity index (χ2v) is 9.04. The van der Waals surface area contributed by atoms with Crippen molar-refractivity contribution in [1.29, 1.82) is 0 Å². The third-order valence-electron chi connectivity index (χ3n) is 6.27. The van der Waals surface area contributed by atoms with E-state index in [0.29, 0.717) is 35.0 Å². The number of fused-ring (bicyclic) bond motifs is 1. The van der Waals surface area contributed by atoms with Gasteiger partial charge in [-0.05, 0) is 31.0 Å². The summed E-state index contributed by atoms with van der Waals surface area (Å²) in [7, 11) is 1.63. The van der Waals surface area contributed by atoms with Crippen molar-refractivity contribution in [2.45, 2.75) is 38.0 Å². The van der Waals surface area contributed by atoms with Crippen molar-refractivity contribution in [3.05, 3.63) is 47.7 Å². The van der Waals surface area contributed by atoms with Gasteiger partial charge in [0.15, 0.2) is 5.17 Å². The van der Waals surface area contributed by atoms with E-state index in [-0.39, 0.29) is 11.8 Å². The zero-order chi connectivity index (χ0) is 23.8. The van der Waals surface area contributed by atoms with E-state index in [1.54, 1.807) is 7.11 Å². The van der Waals surface area contributed by atoms with Crippen LogP contribution in [0.25, 0.3) is 0 Å². The number of hydrogen-bond donors (Lipinski definition) is 2. The van der Waals surface area contributed by atoms with Crippen molar-refractivity contribution in [1.82, 2.24) is 9.97 Å². The number of hydrogen-bond acceptors (Lipinski definition) is 8. The number of methoxy groups -OCH3 is 1. The van der Waals surface area contributed by atoms with Gasteiger partial charge < -0.3 is 20.5 Å². The molecule has 4 rings (SSSR count). The molecule has 2 heterocycles. The Hall–Kier alpha value is -2.86. The monoisotopic (exact) mass is 481 g/mol. The predicted molar refractivity (Wildman–Crippen MR) is 117 cm³/mol. The van der Waals surface area contributed by atoms with E-state index < -0.39 is 35.2 Å². The van der Waals surface area contributed by atoms with Crippen LogP contribution in [-0.4, -0.2) is 46.6 Å². The number of nitrogens with zero attached hydrogens (tertiary/aromatic N) is 3. The number of carbonyl (C=O) groups excluding carboxylic acids is 1. The fraction of sp³-hybridized carbons (Fsp3) is 0.429. The van der Waals surface area contributed by atoms with Crippen LogP contribution in [0.15, 0.2) is 35.6 Å². The molecule has 1 fully saturated rings. The van der Waals surface area contributed by atoms with E-state index in [4.69, 9.17) is 15.5 Å². The Balaban J connectivity index is 1.64. The Labute approximate surface area is 192 Å². The highest BCUT2D eigenvalue weighted by molar-refractivity contribution is 8.13.